The normalized spacial score (nSPS) is 10.8. The first kappa shape index (κ1) is 25.9. The first-order chi connectivity index (χ1) is 15.6. The molecule has 3 rings (SSSR count). The predicted octanol–water partition coefficient (Wildman–Crippen LogP) is 8.56. The quantitative estimate of drug-likeness (QED) is 0.369. The number of hydrogen-bond donors (Lipinski definition) is 1. The maximum Gasteiger partial charge on any atom is 0.416 e. The zero-order valence-corrected chi connectivity index (χ0v) is 19.0. The third kappa shape index (κ3) is 6.12. The van der Waals surface area contributed by atoms with Crippen LogP contribution in [0.5, 0.6) is 0 Å². The summed E-state index contributed by atoms with van der Waals surface area (Å²) in [6.07, 6.45) is -4.43. The minimum Gasteiger partial charge on any atom is -0.355 e. The molecule has 33 heavy (non-hydrogen) atoms. The predicted molar refractivity (Wildman–Crippen MR) is 126 cm³/mol. The van der Waals surface area contributed by atoms with E-state index in [1.807, 2.05) is 20.8 Å². The summed E-state index contributed by atoms with van der Waals surface area (Å²) in [6.45, 7) is 11.7. The second-order valence-electron chi connectivity index (χ2n) is 6.99. The summed E-state index contributed by atoms with van der Waals surface area (Å²) in [5, 5.41) is 2.86. The van der Waals surface area contributed by atoms with Crippen LogP contribution in [0.2, 0.25) is 0 Å². The smallest absolute Gasteiger partial charge is 0.355 e. The minimum atomic E-state index is -4.43. The highest BCUT2D eigenvalue weighted by Crippen LogP contribution is 2.36. The fourth-order valence-electron chi connectivity index (χ4n) is 3.32. The molecule has 7 heteroatoms. The first-order valence-electron chi connectivity index (χ1n) is 10.6. The van der Waals surface area contributed by atoms with Gasteiger partial charge in [0.15, 0.2) is 0 Å². The van der Waals surface area contributed by atoms with Gasteiger partial charge in [0.25, 0.3) is 0 Å². The molecule has 0 spiro atoms. The summed E-state index contributed by atoms with van der Waals surface area (Å²) in [7, 11) is 0. The van der Waals surface area contributed by atoms with Crippen molar-refractivity contribution in [2.24, 2.45) is 0 Å². The third-order valence-corrected chi connectivity index (χ3v) is 4.88. The molecule has 0 bridgehead atoms. The largest absolute Gasteiger partial charge is 0.416 e. The molecular weight excluding hydrogens is 435 g/mol. The van der Waals surface area contributed by atoms with Gasteiger partial charge in [0, 0.05) is 29.3 Å². The van der Waals surface area contributed by atoms with Gasteiger partial charge in [0.05, 0.1) is 11.1 Å². The molecule has 0 amide bonds. The summed E-state index contributed by atoms with van der Waals surface area (Å²) in [5.74, 6) is -1.46. The Balaban J connectivity index is 0.00000187. The Bertz CT molecular complexity index is 1070. The van der Waals surface area contributed by atoms with Gasteiger partial charge in [-0.05, 0) is 67.9 Å². The van der Waals surface area contributed by atoms with Crippen molar-refractivity contribution < 1.29 is 22.0 Å². The van der Waals surface area contributed by atoms with E-state index < -0.39 is 23.4 Å². The molecule has 0 unspecified atom stereocenters. The van der Waals surface area contributed by atoms with Crippen LogP contribution in [0, 0.1) is 18.6 Å². The van der Waals surface area contributed by atoms with Gasteiger partial charge in [-0.3, -0.25) is 0 Å². The maximum atomic E-state index is 13.9. The molecule has 0 heterocycles. The van der Waals surface area contributed by atoms with E-state index in [0.29, 0.717) is 29.2 Å². The zero-order chi connectivity index (χ0) is 24.8. The van der Waals surface area contributed by atoms with Gasteiger partial charge in [0.2, 0.25) is 0 Å². The van der Waals surface area contributed by atoms with Crippen molar-refractivity contribution in [2.45, 2.75) is 33.9 Å². The minimum absolute atomic E-state index is 0.0596. The zero-order valence-electron chi connectivity index (χ0n) is 19.0. The van der Waals surface area contributed by atoms with Crippen molar-refractivity contribution in [3.63, 3.8) is 0 Å². The topological polar surface area (TPSA) is 15.3 Å². The number of aryl methyl sites for hydroxylation is 1. The van der Waals surface area contributed by atoms with Gasteiger partial charge in [-0.2, -0.15) is 13.2 Å². The molecule has 0 atom stereocenters. The number of hydrogen-bond acceptors (Lipinski definition) is 2. The molecule has 0 aliphatic heterocycles. The highest BCUT2D eigenvalue weighted by Gasteiger charge is 2.31. The van der Waals surface area contributed by atoms with Crippen LogP contribution >= 0.6 is 0 Å². The monoisotopic (exact) mass is 462 g/mol. The Morgan fingerprint density at radius 1 is 0.939 bits per heavy atom. The molecule has 2 nitrogen and oxygen atoms in total. The average Bonchev–Trinajstić information content (AvgIpc) is 2.77. The van der Waals surface area contributed by atoms with Crippen molar-refractivity contribution in [2.75, 3.05) is 16.8 Å². The number of alkyl halides is 3. The number of nitrogens with zero attached hydrogens (tertiary/aromatic N) is 1. The van der Waals surface area contributed by atoms with Crippen LogP contribution < -0.4 is 10.2 Å². The van der Waals surface area contributed by atoms with E-state index in [9.17, 15) is 22.0 Å². The lowest BCUT2D eigenvalue weighted by Crippen LogP contribution is -2.18. The van der Waals surface area contributed by atoms with Gasteiger partial charge < -0.3 is 10.2 Å². The van der Waals surface area contributed by atoms with E-state index in [-0.39, 0.29) is 11.3 Å². The van der Waals surface area contributed by atoms with Gasteiger partial charge >= 0.3 is 6.18 Å². The fourth-order valence-corrected chi connectivity index (χ4v) is 3.32. The Hall–Kier alpha value is -3.35. The van der Waals surface area contributed by atoms with Gasteiger partial charge in [-0.25, -0.2) is 8.78 Å². The molecule has 1 N–H and O–H groups in total. The standard InChI is InChI=1S/C24H21F5N2.C2H6/c1-4-31(22-14-17(24(27,28)29)9-8-15(22)2)19-12-10-18(11-13-19)30-16(3)23-20(25)6-5-7-21(23)26;1-2/h5-14,30H,3-4H2,1-2H3;1-2H3. The number of anilines is 3. The van der Waals surface area contributed by atoms with Crippen molar-refractivity contribution in [3.05, 3.63) is 95.6 Å². The molecule has 176 valence electrons. The Labute approximate surface area is 191 Å². The van der Waals surface area contributed by atoms with Crippen LogP contribution in [0.25, 0.3) is 5.70 Å². The molecule has 0 fully saturated rings. The van der Waals surface area contributed by atoms with Crippen LogP contribution in [-0.4, -0.2) is 6.54 Å². The lowest BCUT2D eigenvalue weighted by Gasteiger charge is -2.26. The summed E-state index contributed by atoms with van der Waals surface area (Å²) < 4.78 is 67.3. The van der Waals surface area contributed by atoms with Crippen LogP contribution in [0.15, 0.2) is 67.2 Å². The molecule has 3 aromatic rings. The molecule has 3 aromatic carbocycles. The lowest BCUT2D eigenvalue weighted by molar-refractivity contribution is -0.137. The highest BCUT2D eigenvalue weighted by molar-refractivity contribution is 5.77. The van der Waals surface area contributed by atoms with Crippen molar-refractivity contribution in [1.82, 2.24) is 0 Å². The third-order valence-electron chi connectivity index (χ3n) is 4.88. The van der Waals surface area contributed by atoms with Gasteiger partial charge in [-0.15, -0.1) is 0 Å². The Kier molecular flexibility index (Phi) is 8.63. The van der Waals surface area contributed by atoms with Crippen LogP contribution in [0.3, 0.4) is 0 Å². The number of rotatable bonds is 6. The van der Waals surface area contributed by atoms with Gasteiger partial charge in [-0.1, -0.05) is 32.6 Å². The van der Waals surface area contributed by atoms with Crippen molar-refractivity contribution in [1.29, 1.82) is 0 Å². The van der Waals surface area contributed by atoms with E-state index in [2.05, 4.69) is 11.9 Å². The number of benzene rings is 3. The van der Waals surface area contributed by atoms with E-state index in [1.54, 1.807) is 36.1 Å². The second kappa shape index (κ2) is 11.0. The highest BCUT2D eigenvalue weighted by atomic mass is 19.4. The second-order valence-corrected chi connectivity index (χ2v) is 6.99. The molecule has 0 saturated heterocycles. The molecule has 0 aliphatic carbocycles. The SMILES string of the molecule is C=C(Nc1ccc(N(CC)c2cc(C(F)(F)F)ccc2C)cc1)c1c(F)cccc1F.CC. The fraction of sp³-hybridized carbons (Fsp3) is 0.231. The number of halogens is 5. The molecular formula is C26H27F5N2. The summed E-state index contributed by atoms with van der Waals surface area (Å²) in [6, 6.07) is 14.0. The Morgan fingerprint density at radius 2 is 1.52 bits per heavy atom. The first-order valence-corrected chi connectivity index (χ1v) is 10.6. The summed E-state index contributed by atoms with van der Waals surface area (Å²) in [5.41, 5.74) is 1.47. The summed E-state index contributed by atoms with van der Waals surface area (Å²) >= 11 is 0. The van der Waals surface area contributed by atoms with Crippen LogP contribution in [0.1, 0.15) is 37.5 Å². The van der Waals surface area contributed by atoms with E-state index in [0.717, 1.165) is 24.3 Å². The van der Waals surface area contributed by atoms with E-state index in [4.69, 9.17) is 0 Å². The van der Waals surface area contributed by atoms with Crippen LogP contribution in [0.4, 0.5) is 39.0 Å². The average molecular weight is 463 g/mol. The summed E-state index contributed by atoms with van der Waals surface area (Å²) in [4.78, 5) is 1.76. The molecule has 0 aromatic heterocycles. The van der Waals surface area contributed by atoms with E-state index >= 15 is 0 Å². The molecule has 0 aliphatic rings. The van der Waals surface area contributed by atoms with Crippen molar-refractivity contribution in [3.8, 4) is 0 Å². The molecule has 0 radical (unpaired) electrons. The lowest BCUT2D eigenvalue weighted by atomic mass is 10.1. The maximum absolute atomic E-state index is 13.9. The van der Waals surface area contributed by atoms with Crippen molar-refractivity contribution >= 4 is 22.8 Å². The van der Waals surface area contributed by atoms with Gasteiger partial charge in [0.1, 0.15) is 11.6 Å². The Morgan fingerprint density at radius 3 is 2.03 bits per heavy atom. The van der Waals surface area contributed by atoms with E-state index in [1.165, 1.54) is 12.1 Å². The van der Waals surface area contributed by atoms with Crippen LogP contribution in [-0.2, 0) is 6.18 Å². The number of nitrogens with one attached hydrogen (secondary N) is 1. The molecule has 0 saturated carbocycles.